The van der Waals surface area contributed by atoms with Crippen molar-refractivity contribution in [3.05, 3.63) is 23.4 Å². The molecule has 0 aromatic carbocycles. The van der Waals surface area contributed by atoms with Gasteiger partial charge in [-0.2, -0.15) is 13.2 Å². The van der Waals surface area contributed by atoms with Gasteiger partial charge in [0.05, 0.1) is 6.61 Å². The Kier molecular flexibility index (Phi) is 3.18. The molecule has 1 saturated carbocycles. The van der Waals surface area contributed by atoms with Crippen LogP contribution in [0.5, 0.6) is 5.88 Å². The molecule has 0 unspecified atom stereocenters. The van der Waals surface area contributed by atoms with Gasteiger partial charge in [0, 0.05) is 11.0 Å². The Bertz CT molecular complexity index is 504. The number of halogens is 3. The van der Waals surface area contributed by atoms with Gasteiger partial charge in [0.1, 0.15) is 5.69 Å². The van der Waals surface area contributed by atoms with Crippen LogP contribution in [0, 0.1) is 5.92 Å². The van der Waals surface area contributed by atoms with Crippen molar-refractivity contribution in [1.29, 1.82) is 0 Å². The van der Waals surface area contributed by atoms with Gasteiger partial charge in [0.2, 0.25) is 5.88 Å². The lowest BCUT2D eigenvalue weighted by molar-refractivity contribution is -0.141. The van der Waals surface area contributed by atoms with E-state index in [0.717, 1.165) is 43.2 Å². The first-order chi connectivity index (χ1) is 9.44. The summed E-state index contributed by atoms with van der Waals surface area (Å²) in [5, 5.41) is 0. The molecule has 1 aliphatic heterocycles. The van der Waals surface area contributed by atoms with Crippen LogP contribution in [0.3, 0.4) is 0 Å². The Balaban J connectivity index is 1.88. The van der Waals surface area contributed by atoms with E-state index in [9.17, 15) is 13.2 Å². The Morgan fingerprint density at radius 3 is 2.60 bits per heavy atom. The van der Waals surface area contributed by atoms with Crippen LogP contribution in [-0.4, -0.2) is 11.6 Å². The second kappa shape index (κ2) is 4.64. The van der Waals surface area contributed by atoms with Gasteiger partial charge in [-0.25, -0.2) is 4.98 Å². The summed E-state index contributed by atoms with van der Waals surface area (Å²) >= 11 is 0. The van der Waals surface area contributed by atoms with E-state index in [2.05, 4.69) is 11.9 Å². The predicted molar refractivity (Wildman–Crippen MR) is 68.7 cm³/mol. The van der Waals surface area contributed by atoms with Gasteiger partial charge in [0.15, 0.2) is 0 Å². The van der Waals surface area contributed by atoms with E-state index in [1.165, 1.54) is 6.42 Å². The number of hydrogen-bond donors (Lipinski definition) is 0. The first kappa shape index (κ1) is 13.7. The van der Waals surface area contributed by atoms with Gasteiger partial charge >= 0.3 is 6.18 Å². The van der Waals surface area contributed by atoms with Crippen LogP contribution >= 0.6 is 0 Å². The van der Waals surface area contributed by atoms with Crippen molar-refractivity contribution in [2.75, 3.05) is 6.61 Å². The predicted octanol–water partition coefficient (Wildman–Crippen LogP) is 4.33. The van der Waals surface area contributed by atoms with E-state index in [4.69, 9.17) is 4.74 Å². The molecule has 1 aliphatic carbocycles. The highest BCUT2D eigenvalue weighted by molar-refractivity contribution is 5.40. The molecule has 2 nitrogen and oxygen atoms in total. The van der Waals surface area contributed by atoms with E-state index in [1.54, 1.807) is 6.07 Å². The van der Waals surface area contributed by atoms with Crippen LogP contribution in [-0.2, 0) is 11.6 Å². The molecule has 5 heteroatoms. The normalized spacial score (nSPS) is 29.3. The van der Waals surface area contributed by atoms with Gasteiger partial charge < -0.3 is 4.74 Å². The third-order valence-corrected chi connectivity index (χ3v) is 4.85. The maximum atomic E-state index is 12.7. The molecule has 1 aromatic heterocycles. The summed E-state index contributed by atoms with van der Waals surface area (Å²) in [5.41, 5.74) is -0.0893. The summed E-state index contributed by atoms with van der Waals surface area (Å²) in [7, 11) is 0. The van der Waals surface area contributed by atoms with Gasteiger partial charge in [-0.3, -0.25) is 0 Å². The van der Waals surface area contributed by atoms with Crippen LogP contribution in [0.2, 0.25) is 0 Å². The van der Waals surface area contributed by atoms with Gasteiger partial charge in [-0.05, 0) is 37.7 Å². The van der Waals surface area contributed by atoms with Gasteiger partial charge in [-0.15, -0.1) is 0 Å². The van der Waals surface area contributed by atoms with Crippen molar-refractivity contribution in [2.24, 2.45) is 5.92 Å². The molecule has 110 valence electrons. The fraction of sp³-hybridized carbons (Fsp3) is 0.667. The van der Waals surface area contributed by atoms with Crippen molar-refractivity contribution in [3.63, 3.8) is 0 Å². The lowest BCUT2D eigenvalue weighted by Gasteiger charge is -2.35. The number of nitrogens with zero attached hydrogens (tertiary/aromatic N) is 1. The lowest BCUT2D eigenvalue weighted by Crippen LogP contribution is -2.33. The SMILES string of the molecule is CCC1CCC2(CC1)COc1nc(C(F)(F)F)ccc12. The van der Waals surface area contributed by atoms with Crippen molar-refractivity contribution in [1.82, 2.24) is 4.98 Å². The first-order valence-electron chi connectivity index (χ1n) is 7.16. The Hall–Kier alpha value is -1.26. The fourth-order valence-electron chi connectivity index (χ4n) is 3.45. The summed E-state index contributed by atoms with van der Waals surface area (Å²) in [6.45, 7) is 2.67. The summed E-state index contributed by atoms with van der Waals surface area (Å²) in [6.07, 6.45) is 1.00. The molecule has 0 N–H and O–H groups in total. The molecule has 1 spiro atoms. The highest BCUT2D eigenvalue weighted by atomic mass is 19.4. The second-order valence-electron chi connectivity index (χ2n) is 5.97. The number of alkyl halides is 3. The van der Waals surface area contributed by atoms with Crippen LogP contribution in [0.1, 0.15) is 50.3 Å². The zero-order valence-corrected chi connectivity index (χ0v) is 11.5. The van der Waals surface area contributed by atoms with Crippen LogP contribution < -0.4 is 4.74 Å². The molecule has 0 amide bonds. The van der Waals surface area contributed by atoms with Crippen molar-refractivity contribution >= 4 is 0 Å². The quantitative estimate of drug-likeness (QED) is 0.766. The number of aromatic nitrogens is 1. The van der Waals surface area contributed by atoms with Crippen LogP contribution in [0.15, 0.2) is 12.1 Å². The number of pyridine rings is 1. The van der Waals surface area contributed by atoms with Gasteiger partial charge in [0.25, 0.3) is 0 Å². The fourth-order valence-corrected chi connectivity index (χ4v) is 3.45. The number of rotatable bonds is 1. The topological polar surface area (TPSA) is 22.1 Å². The summed E-state index contributed by atoms with van der Waals surface area (Å²) < 4.78 is 43.5. The first-order valence-corrected chi connectivity index (χ1v) is 7.16. The monoisotopic (exact) mass is 285 g/mol. The molecule has 20 heavy (non-hydrogen) atoms. The van der Waals surface area contributed by atoms with Crippen molar-refractivity contribution in [3.8, 4) is 5.88 Å². The molecular weight excluding hydrogens is 267 g/mol. The Labute approximate surface area is 116 Å². The molecule has 0 bridgehead atoms. The van der Waals surface area contributed by atoms with E-state index in [0.29, 0.717) is 6.61 Å². The highest BCUT2D eigenvalue weighted by Gasteiger charge is 2.45. The third kappa shape index (κ3) is 2.17. The highest BCUT2D eigenvalue weighted by Crippen LogP contribution is 2.49. The van der Waals surface area contributed by atoms with Crippen LogP contribution in [0.4, 0.5) is 13.2 Å². The van der Waals surface area contributed by atoms with E-state index >= 15 is 0 Å². The number of fused-ring (bicyclic) bond motifs is 2. The molecule has 1 aromatic rings. The minimum absolute atomic E-state index is 0.0991. The molecular formula is C15H18F3NO. The molecule has 0 radical (unpaired) electrons. The summed E-state index contributed by atoms with van der Waals surface area (Å²) in [5.74, 6) is 0.932. The standard InChI is InChI=1S/C15H18F3NO/c1-2-10-5-7-14(8-6-10)9-20-13-11(14)3-4-12(19-13)15(16,17)18/h3-4,10H,2,5-9H2,1H3. The third-order valence-electron chi connectivity index (χ3n) is 4.85. The summed E-state index contributed by atoms with van der Waals surface area (Å²) in [6, 6.07) is 2.66. The maximum absolute atomic E-state index is 12.7. The van der Waals surface area contributed by atoms with Gasteiger partial charge in [-0.1, -0.05) is 19.4 Å². The van der Waals surface area contributed by atoms with E-state index in [-0.39, 0.29) is 11.3 Å². The zero-order valence-electron chi connectivity index (χ0n) is 11.5. The molecule has 3 rings (SSSR count). The Morgan fingerprint density at radius 1 is 1.30 bits per heavy atom. The van der Waals surface area contributed by atoms with Crippen molar-refractivity contribution in [2.45, 2.75) is 50.6 Å². The minimum Gasteiger partial charge on any atom is -0.476 e. The smallest absolute Gasteiger partial charge is 0.433 e. The zero-order chi connectivity index (χ0) is 14.4. The average molecular weight is 285 g/mol. The molecule has 2 heterocycles. The summed E-state index contributed by atoms with van der Waals surface area (Å²) in [4.78, 5) is 3.67. The minimum atomic E-state index is -4.41. The molecule has 0 saturated heterocycles. The van der Waals surface area contributed by atoms with E-state index in [1.807, 2.05) is 0 Å². The maximum Gasteiger partial charge on any atom is 0.433 e. The molecule has 2 aliphatic rings. The molecule has 1 fully saturated rings. The van der Waals surface area contributed by atoms with Crippen LogP contribution in [0.25, 0.3) is 0 Å². The average Bonchev–Trinajstić information content (AvgIpc) is 2.77. The van der Waals surface area contributed by atoms with E-state index < -0.39 is 11.9 Å². The largest absolute Gasteiger partial charge is 0.476 e. The lowest BCUT2D eigenvalue weighted by atomic mass is 9.67. The number of hydrogen-bond acceptors (Lipinski definition) is 2. The molecule has 0 atom stereocenters. The second-order valence-corrected chi connectivity index (χ2v) is 5.97. The van der Waals surface area contributed by atoms with Crippen molar-refractivity contribution < 1.29 is 17.9 Å². The number of ether oxygens (including phenoxy) is 1. The Morgan fingerprint density at radius 2 is 2.00 bits per heavy atom.